The molecule has 0 heterocycles. The minimum Gasteiger partial charge on any atom is -0.354 e. The second kappa shape index (κ2) is 7.02. The molecule has 144 valence electrons. The molecular formula is C20H21BrFNO3S. The lowest BCUT2D eigenvalue weighted by molar-refractivity contribution is -0.123. The molecule has 1 aliphatic rings. The van der Waals surface area contributed by atoms with Crippen LogP contribution in [0.3, 0.4) is 0 Å². The number of hydrogen-bond donors (Lipinski definition) is 1. The molecule has 0 bridgehead atoms. The zero-order valence-electron chi connectivity index (χ0n) is 15.1. The maximum atomic E-state index is 13.1. The minimum absolute atomic E-state index is 0.102. The van der Waals surface area contributed by atoms with Crippen molar-refractivity contribution >= 4 is 31.7 Å². The van der Waals surface area contributed by atoms with Crippen LogP contribution < -0.4 is 5.32 Å². The maximum Gasteiger partial charge on any atom is 0.241 e. The van der Waals surface area contributed by atoms with E-state index in [2.05, 4.69) is 21.2 Å². The molecule has 27 heavy (non-hydrogen) atoms. The van der Waals surface area contributed by atoms with E-state index < -0.39 is 20.5 Å². The second-order valence-electron chi connectivity index (χ2n) is 7.44. The summed E-state index contributed by atoms with van der Waals surface area (Å²) >= 11 is 3.27. The van der Waals surface area contributed by atoms with E-state index in [1.165, 1.54) is 38.1 Å². The Labute approximate surface area is 167 Å². The van der Waals surface area contributed by atoms with Gasteiger partial charge in [-0.15, -0.1) is 0 Å². The SMILES string of the molecule is CC(C)(C(=O)NCC1(c2ccc(F)cc2)CC1)S(=O)(=O)c1ccc(Br)cc1. The minimum atomic E-state index is -3.85. The van der Waals surface area contributed by atoms with Crippen molar-refractivity contribution in [2.45, 2.75) is 41.7 Å². The average molecular weight is 454 g/mol. The van der Waals surface area contributed by atoms with Crippen molar-refractivity contribution in [2.75, 3.05) is 6.54 Å². The van der Waals surface area contributed by atoms with Crippen molar-refractivity contribution in [1.82, 2.24) is 5.32 Å². The Hall–Kier alpha value is -1.73. The fourth-order valence-electron chi connectivity index (χ4n) is 3.01. The summed E-state index contributed by atoms with van der Waals surface area (Å²) in [5, 5.41) is 2.80. The Morgan fingerprint density at radius 1 is 1.11 bits per heavy atom. The summed E-state index contributed by atoms with van der Waals surface area (Å²) in [6.07, 6.45) is 1.75. The van der Waals surface area contributed by atoms with E-state index >= 15 is 0 Å². The molecule has 3 rings (SSSR count). The highest BCUT2D eigenvalue weighted by atomic mass is 79.9. The highest BCUT2D eigenvalue weighted by molar-refractivity contribution is 9.10. The molecule has 0 radical (unpaired) electrons. The van der Waals surface area contributed by atoms with Gasteiger partial charge in [-0.05, 0) is 68.7 Å². The van der Waals surface area contributed by atoms with Gasteiger partial charge in [0, 0.05) is 16.4 Å². The van der Waals surface area contributed by atoms with Crippen LogP contribution in [0.5, 0.6) is 0 Å². The smallest absolute Gasteiger partial charge is 0.241 e. The Bertz CT molecular complexity index is 950. The van der Waals surface area contributed by atoms with Crippen molar-refractivity contribution in [3.8, 4) is 0 Å². The summed E-state index contributed by atoms with van der Waals surface area (Å²) in [7, 11) is -3.85. The fourth-order valence-corrected chi connectivity index (χ4v) is 4.68. The van der Waals surface area contributed by atoms with E-state index in [4.69, 9.17) is 0 Å². The third-order valence-corrected chi connectivity index (χ3v) is 8.19. The molecular weight excluding hydrogens is 433 g/mol. The molecule has 4 nitrogen and oxygen atoms in total. The largest absolute Gasteiger partial charge is 0.354 e. The normalized spacial score (nSPS) is 16.0. The maximum absolute atomic E-state index is 13.1. The third kappa shape index (κ3) is 3.80. The summed E-state index contributed by atoms with van der Waals surface area (Å²) in [5.41, 5.74) is 0.721. The van der Waals surface area contributed by atoms with Crippen LogP contribution in [0.1, 0.15) is 32.3 Å². The van der Waals surface area contributed by atoms with Crippen LogP contribution in [-0.4, -0.2) is 25.6 Å². The zero-order chi connectivity index (χ0) is 19.9. The number of carbonyl (C=O) groups is 1. The van der Waals surface area contributed by atoms with Crippen LogP contribution in [0.15, 0.2) is 57.9 Å². The standard InChI is InChI=1S/C20H21BrFNO3S/c1-19(2,27(25,26)17-9-5-15(21)6-10-17)18(24)23-13-20(11-12-20)14-3-7-16(22)8-4-14/h3-10H,11-13H2,1-2H3,(H,23,24). The molecule has 1 aliphatic carbocycles. The molecule has 2 aromatic rings. The molecule has 0 aliphatic heterocycles. The first-order valence-electron chi connectivity index (χ1n) is 8.63. The van der Waals surface area contributed by atoms with E-state index in [1.54, 1.807) is 24.3 Å². The van der Waals surface area contributed by atoms with Crippen LogP contribution in [0.25, 0.3) is 0 Å². The monoisotopic (exact) mass is 453 g/mol. The summed E-state index contributed by atoms with van der Waals surface area (Å²) in [5.74, 6) is -0.848. The topological polar surface area (TPSA) is 63.2 Å². The summed E-state index contributed by atoms with van der Waals surface area (Å²) in [6.45, 7) is 3.16. The Balaban J connectivity index is 1.75. The molecule has 1 amide bonds. The predicted molar refractivity (Wildman–Crippen MR) is 106 cm³/mol. The number of halogens is 2. The molecule has 7 heteroatoms. The number of sulfone groups is 1. The van der Waals surface area contributed by atoms with Crippen LogP contribution in [0.4, 0.5) is 4.39 Å². The van der Waals surface area contributed by atoms with Crippen LogP contribution in [0, 0.1) is 5.82 Å². The van der Waals surface area contributed by atoms with Crippen molar-refractivity contribution < 1.29 is 17.6 Å². The summed E-state index contributed by atoms with van der Waals surface area (Å²) < 4.78 is 38.2. The van der Waals surface area contributed by atoms with Crippen molar-refractivity contribution in [1.29, 1.82) is 0 Å². The highest BCUT2D eigenvalue weighted by Crippen LogP contribution is 2.47. The fraction of sp³-hybridized carbons (Fsp3) is 0.350. The first kappa shape index (κ1) is 20.0. The molecule has 2 aromatic carbocycles. The Morgan fingerprint density at radius 2 is 1.67 bits per heavy atom. The summed E-state index contributed by atoms with van der Waals surface area (Å²) in [4.78, 5) is 12.9. The van der Waals surface area contributed by atoms with Crippen molar-refractivity contribution in [3.63, 3.8) is 0 Å². The van der Waals surface area contributed by atoms with Crippen LogP contribution in [0.2, 0.25) is 0 Å². The Morgan fingerprint density at radius 3 is 2.19 bits per heavy atom. The number of amides is 1. The average Bonchev–Trinajstić information content (AvgIpc) is 3.41. The van der Waals surface area contributed by atoms with Gasteiger partial charge in [-0.25, -0.2) is 12.8 Å². The number of nitrogens with one attached hydrogen (secondary N) is 1. The zero-order valence-corrected chi connectivity index (χ0v) is 17.5. The van der Waals surface area contributed by atoms with Gasteiger partial charge in [-0.1, -0.05) is 28.1 Å². The summed E-state index contributed by atoms with van der Waals surface area (Å²) in [6, 6.07) is 12.5. The molecule has 0 atom stereocenters. The quantitative estimate of drug-likeness (QED) is 0.718. The molecule has 1 N–H and O–H groups in total. The van der Waals surface area contributed by atoms with Gasteiger partial charge in [-0.2, -0.15) is 0 Å². The van der Waals surface area contributed by atoms with E-state index in [1.807, 2.05) is 0 Å². The van der Waals surface area contributed by atoms with E-state index in [9.17, 15) is 17.6 Å². The molecule has 0 saturated heterocycles. The molecule has 1 fully saturated rings. The lowest BCUT2D eigenvalue weighted by atomic mass is 9.95. The molecule has 0 spiro atoms. The number of hydrogen-bond acceptors (Lipinski definition) is 3. The van der Waals surface area contributed by atoms with E-state index in [0.29, 0.717) is 6.54 Å². The van der Waals surface area contributed by atoms with Gasteiger partial charge >= 0.3 is 0 Å². The Kier molecular flexibility index (Phi) is 5.20. The van der Waals surface area contributed by atoms with Gasteiger partial charge in [0.05, 0.1) is 4.90 Å². The molecule has 0 unspecified atom stereocenters. The lowest BCUT2D eigenvalue weighted by Gasteiger charge is -2.26. The first-order chi connectivity index (χ1) is 12.6. The van der Waals surface area contributed by atoms with Crippen molar-refractivity contribution in [3.05, 3.63) is 64.4 Å². The predicted octanol–water partition coefficient (Wildman–Crippen LogP) is 3.99. The van der Waals surface area contributed by atoms with Gasteiger partial charge in [0.15, 0.2) is 9.84 Å². The van der Waals surface area contributed by atoms with E-state index in [-0.39, 0.29) is 16.1 Å². The van der Waals surface area contributed by atoms with Gasteiger partial charge in [0.2, 0.25) is 5.91 Å². The van der Waals surface area contributed by atoms with Crippen molar-refractivity contribution in [2.24, 2.45) is 0 Å². The highest BCUT2D eigenvalue weighted by Gasteiger charge is 2.47. The van der Waals surface area contributed by atoms with Gasteiger partial charge in [0.25, 0.3) is 0 Å². The third-order valence-electron chi connectivity index (χ3n) is 5.24. The first-order valence-corrected chi connectivity index (χ1v) is 10.9. The van der Waals surface area contributed by atoms with Crippen LogP contribution >= 0.6 is 15.9 Å². The van der Waals surface area contributed by atoms with Gasteiger partial charge in [-0.3, -0.25) is 4.79 Å². The van der Waals surface area contributed by atoms with E-state index in [0.717, 1.165) is 22.9 Å². The number of carbonyl (C=O) groups excluding carboxylic acids is 1. The van der Waals surface area contributed by atoms with Gasteiger partial charge < -0.3 is 5.32 Å². The number of benzene rings is 2. The second-order valence-corrected chi connectivity index (χ2v) is 10.9. The number of rotatable bonds is 6. The van der Waals surface area contributed by atoms with Crippen LogP contribution in [-0.2, 0) is 20.0 Å². The van der Waals surface area contributed by atoms with Gasteiger partial charge in [0.1, 0.15) is 10.6 Å². The molecule has 0 aromatic heterocycles. The lowest BCUT2D eigenvalue weighted by Crippen LogP contribution is -2.49. The molecule has 1 saturated carbocycles.